The fourth-order valence-electron chi connectivity index (χ4n) is 1.79. The Balaban J connectivity index is 2.59. The molecule has 0 fully saturated rings. The first-order chi connectivity index (χ1) is 9.97. The minimum atomic E-state index is -0.986. The number of rotatable bonds is 6. The van der Waals surface area contributed by atoms with Gasteiger partial charge >= 0.3 is 12.0 Å². The molecule has 3 amide bonds. The summed E-state index contributed by atoms with van der Waals surface area (Å²) < 4.78 is 4.77. The molecule has 0 heterocycles. The molecule has 0 aliphatic heterocycles. The number of nitrogens with two attached hydrogens (primary N) is 1. The largest absolute Gasteiger partial charge is 0.452 e. The topological polar surface area (TPSA) is 102 Å². The second kappa shape index (κ2) is 7.88. The van der Waals surface area contributed by atoms with E-state index in [1.807, 2.05) is 26.0 Å². The molecule has 1 aromatic rings. The summed E-state index contributed by atoms with van der Waals surface area (Å²) in [4.78, 5) is 35.4. The number of esters is 1. The number of benzene rings is 1. The average Bonchev–Trinajstić information content (AvgIpc) is 2.46. The van der Waals surface area contributed by atoms with Crippen molar-refractivity contribution in [1.29, 1.82) is 0 Å². The molecule has 0 aliphatic rings. The molecule has 7 heteroatoms. The van der Waals surface area contributed by atoms with Gasteiger partial charge in [0, 0.05) is 18.8 Å². The van der Waals surface area contributed by atoms with Crippen molar-refractivity contribution < 1.29 is 19.1 Å². The highest BCUT2D eigenvalue weighted by Gasteiger charge is 2.11. The standard InChI is InChI=1S/C14H19N3O4/c1-3-17(4-2)11-7-5-10(6-8-11)13(19)21-9-12(18)16-14(15)20/h5-8H,3-4,9H2,1-2H3,(H3,15,16,18,20). The molecule has 0 saturated heterocycles. The lowest BCUT2D eigenvalue weighted by Crippen LogP contribution is -2.37. The number of amides is 3. The number of primary amides is 1. The van der Waals surface area contributed by atoms with Crippen molar-refractivity contribution in [1.82, 2.24) is 5.32 Å². The van der Waals surface area contributed by atoms with Crippen LogP contribution in [-0.2, 0) is 9.53 Å². The summed E-state index contributed by atoms with van der Waals surface area (Å²) in [7, 11) is 0. The molecule has 0 aliphatic carbocycles. The molecule has 0 bridgehead atoms. The summed E-state index contributed by atoms with van der Waals surface area (Å²) in [6.45, 7) is 5.27. The fourth-order valence-corrected chi connectivity index (χ4v) is 1.79. The maximum atomic E-state index is 11.7. The molecule has 3 N–H and O–H groups in total. The van der Waals surface area contributed by atoms with Gasteiger partial charge in [-0.15, -0.1) is 0 Å². The van der Waals surface area contributed by atoms with Gasteiger partial charge in [-0.25, -0.2) is 9.59 Å². The van der Waals surface area contributed by atoms with Crippen LogP contribution in [0.4, 0.5) is 10.5 Å². The number of nitrogens with zero attached hydrogens (tertiary/aromatic N) is 1. The summed E-state index contributed by atoms with van der Waals surface area (Å²) >= 11 is 0. The highest BCUT2D eigenvalue weighted by Crippen LogP contribution is 2.15. The number of ether oxygens (including phenoxy) is 1. The van der Waals surface area contributed by atoms with Crippen LogP contribution < -0.4 is 16.0 Å². The number of hydrogen-bond donors (Lipinski definition) is 2. The van der Waals surface area contributed by atoms with Crippen molar-refractivity contribution in [2.75, 3.05) is 24.6 Å². The predicted octanol–water partition coefficient (Wildman–Crippen LogP) is 0.884. The Labute approximate surface area is 123 Å². The van der Waals surface area contributed by atoms with Crippen molar-refractivity contribution >= 4 is 23.6 Å². The third-order valence-corrected chi connectivity index (χ3v) is 2.83. The van der Waals surface area contributed by atoms with Gasteiger partial charge in [0.05, 0.1) is 5.56 Å². The lowest BCUT2D eigenvalue weighted by molar-refractivity contribution is -0.123. The molecule has 0 aromatic heterocycles. The van der Waals surface area contributed by atoms with Crippen molar-refractivity contribution in [3.8, 4) is 0 Å². The third-order valence-electron chi connectivity index (χ3n) is 2.83. The Kier molecular flexibility index (Phi) is 6.19. The molecular weight excluding hydrogens is 274 g/mol. The van der Waals surface area contributed by atoms with Crippen molar-refractivity contribution in [2.45, 2.75) is 13.8 Å². The van der Waals surface area contributed by atoms with E-state index in [0.29, 0.717) is 5.56 Å². The zero-order valence-corrected chi connectivity index (χ0v) is 12.1. The van der Waals surface area contributed by atoms with E-state index >= 15 is 0 Å². The molecule has 0 unspecified atom stereocenters. The SMILES string of the molecule is CCN(CC)c1ccc(C(=O)OCC(=O)NC(N)=O)cc1. The number of hydrogen-bond acceptors (Lipinski definition) is 5. The minimum absolute atomic E-state index is 0.331. The Morgan fingerprint density at radius 1 is 1.14 bits per heavy atom. The second-order valence-corrected chi connectivity index (χ2v) is 4.21. The zero-order chi connectivity index (χ0) is 15.8. The van der Waals surface area contributed by atoms with Crippen LogP contribution in [0.1, 0.15) is 24.2 Å². The van der Waals surface area contributed by atoms with Crippen LogP contribution in [0.25, 0.3) is 0 Å². The van der Waals surface area contributed by atoms with E-state index in [0.717, 1.165) is 18.8 Å². The lowest BCUT2D eigenvalue weighted by Gasteiger charge is -2.20. The van der Waals surface area contributed by atoms with Crippen LogP contribution in [0, 0.1) is 0 Å². The molecule has 21 heavy (non-hydrogen) atoms. The van der Waals surface area contributed by atoms with E-state index in [4.69, 9.17) is 10.5 Å². The molecule has 1 aromatic carbocycles. The van der Waals surface area contributed by atoms with Gasteiger partial charge < -0.3 is 15.4 Å². The highest BCUT2D eigenvalue weighted by atomic mass is 16.5. The van der Waals surface area contributed by atoms with Crippen LogP contribution in [-0.4, -0.2) is 37.6 Å². The van der Waals surface area contributed by atoms with E-state index in [1.165, 1.54) is 0 Å². The van der Waals surface area contributed by atoms with E-state index in [2.05, 4.69) is 4.90 Å². The van der Waals surface area contributed by atoms with Crippen LogP contribution in [0.3, 0.4) is 0 Å². The van der Waals surface area contributed by atoms with Gasteiger partial charge in [-0.1, -0.05) is 0 Å². The summed E-state index contributed by atoms with van der Waals surface area (Å²) in [5.41, 5.74) is 6.10. The third kappa shape index (κ3) is 5.13. The van der Waals surface area contributed by atoms with Crippen LogP contribution in [0.15, 0.2) is 24.3 Å². The van der Waals surface area contributed by atoms with Gasteiger partial charge in [0.15, 0.2) is 6.61 Å². The Hall–Kier alpha value is -2.57. The summed E-state index contributed by atoms with van der Waals surface area (Å²) in [5.74, 6) is -1.41. The van der Waals surface area contributed by atoms with E-state index in [9.17, 15) is 14.4 Å². The van der Waals surface area contributed by atoms with Gasteiger partial charge in [0.25, 0.3) is 5.91 Å². The number of nitrogens with one attached hydrogen (secondary N) is 1. The van der Waals surface area contributed by atoms with Gasteiger partial charge in [-0.2, -0.15) is 0 Å². The Morgan fingerprint density at radius 2 is 1.71 bits per heavy atom. The van der Waals surface area contributed by atoms with Crippen LogP contribution >= 0.6 is 0 Å². The van der Waals surface area contributed by atoms with Crippen molar-refractivity contribution in [2.24, 2.45) is 5.73 Å². The molecule has 1 rings (SSSR count). The van der Waals surface area contributed by atoms with Gasteiger partial charge in [-0.3, -0.25) is 10.1 Å². The van der Waals surface area contributed by atoms with Crippen molar-refractivity contribution in [3.63, 3.8) is 0 Å². The maximum absolute atomic E-state index is 11.7. The number of carbonyl (C=O) groups excluding carboxylic acids is 3. The van der Waals surface area contributed by atoms with Gasteiger partial charge in [-0.05, 0) is 38.1 Å². The van der Waals surface area contributed by atoms with Gasteiger partial charge in [0.2, 0.25) is 0 Å². The monoisotopic (exact) mass is 293 g/mol. The van der Waals surface area contributed by atoms with E-state index in [-0.39, 0.29) is 0 Å². The molecule has 0 radical (unpaired) electrons. The smallest absolute Gasteiger partial charge is 0.338 e. The minimum Gasteiger partial charge on any atom is -0.452 e. The Morgan fingerprint density at radius 3 is 2.19 bits per heavy atom. The molecule has 0 spiro atoms. The van der Waals surface area contributed by atoms with E-state index in [1.54, 1.807) is 17.4 Å². The zero-order valence-electron chi connectivity index (χ0n) is 12.1. The maximum Gasteiger partial charge on any atom is 0.338 e. The first kappa shape index (κ1) is 16.5. The molecule has 7 nitrogen and oxygen atoms in total. The average molecular weight is 293 g/mol. The highest BCUT2D eigenvalue weighted by molar-refractivity contribution is 5.96. The summed E-state index contributed by atoms with van der Waals surface area (Å²) in [5, 5.41) is 1.80. The normalized spacial score (nSPS) is 9.81. The number of imide groups is 1. The van der Waals surface area contributed by atoms with Crippen LogP contribution in [0.5, 0.6) is 0 Å². The second-order valence-electron chi connectivity index (χ2n) is 4.21. The quantitative estimate of drug-likeness (QED) is 0.758. The van der Waals surface area contributed by atoms with E-state index < -0.39 is 24.5 Å². The lowest BCUT2D eigenvalue weighted by atomic mass is 10.2. The first-order valence-corrected chi connectivity index (χ1v) is 6.59. The molecule has 114 valence electrons. The predicted molar refractivity (Wildman–Crippen MR) is 78.0 cm³/mol. The number of urea groups is 1. The van der Waals surface area contributed by atoms with Gasteiger partial charge in [0.1, 0.15) is 0 Å². The first-order valence-electron chi connectivity index (χ1n) is 6.59. The summed E-state index contributed by atoms with van der Waals surface area (Å²) in [6.07, 6.45) is 0. The fraction of sp³-hybridized carbons (Fsp3) is 0.357. The molecular formula is C14H19N3O4. The van der Waals surface area contributed by atoms with Crippen molar-refractivity contribution in [3.05, 3.63) is 29.8 Å². The number of anilines is 1. The van der Waals surface area contributed by atoms with Crippen LogP contribution in [0.2, 0.25) is 0 Å². The molecule has 0 saturated carbocycles. The Bertz CT molecular complexity index is 509. The molecule has 0 atom stereocenters. The number of carbonyl (C=O) groups is 3. The summed E-state index contributed by atoms with van der Waals surface area (Å²) in [6, 6.07) is 5.89.